The topological polar surface area (TPSA) is 88.5 Å². The Labute approximate surface area is 253 Å². The van der Waals surface area contributed by atoms with Gasteiger partial charge in [0, 0.05) is 31.6 Å². The number of hydrogen-bond donors (Lipinski definition) is 1. The highest BCUT2D eigenvalue weighted by Crippen LogP contribution is 2.48. The number of unbranched alkanes of at least 4 members (excludes halogenated alkanes) is 2. The fraction of sp³-hybridized carbons (Fsp3) is 0.758. The minimum absolute atomic E-state index is 0.0526. The summed E-state index contributed by atoms with van der Waals surface area (Å²) in [7, 11) is 8.16. The summed E-state index contributed by atoms with van der Waals surface area (Å²) in [6.45, 7) is 12.1. The number of carbonyl (C=O) groups is 2. The molecule has 42 heavy (non-hydrogen) atoms. The molecule has 1 N–H and O–H groups in total. The van der Waals surface area contributed by atoms with Crippen LogP contribution in [0.25, 0.3) is 0 Å². The third-order valence-corrected chi connectivity index (χ3v) is 8.81. The molecule has 1 fully saturated rings. The van der Waals surface area contributed by atoms with E-state index in [-0.39, 0.29) is 36.6 Å². The van der Waals surface area contributed by atoms with Gasteiger partial charge < -0.3 is 28.7 Å². The summed E-state index contributed by atoms with van der Waals surface area (Å²) < 4.78 is 17.8. The largest absolute Gasteiger partial charge is 0.493 e. The van der Waals surface area contributed by atoms with E-state index in [0.29, 0.717) is 30.2 Å². The number of carbonyl (C=O) groups excluding carboxylic acids is 1. The average molecular weight is 591 g/mol. The van der Waals surface area contributed by atoms with Gasteiger partial charge in [-0.2, -0.15) is 0 Å². The summed E-state index contributed by atoms with van der Waals surface area (Å²) in [5.41, 5.74) is 0.795. The molecule has 0 aliphatic carbocycles. The van der Waals surface area contributed by atoms with E-state index in [0.717, 1.165) is 68.2 Å². The monoisotopic (exact) mass is 590 g/mol. The van der Waals surface area contributed by atoms with Crippen LogP contribution >= 0.6 is 0 Å². The van der Waals surface area contributed by atoms with Crippen molar-refractivity contribution in [2.45, 2.75) is 84.6 Å². The standard InChI is InChI=1S/C33H55N3O6/c1-9-11-15-34(16-12-13-17-36(5,6)7)29(37)22-35-21-25(24-18-27(40-8)31-28(19-24)41-23-42-31)30(32(38)39)26(35)20-33(3,4)14-10-2/h18-19,25-26,30H,9-17,20-23H2,1-8H3/p+1/t25-,26+,30?/m1/s1. The minimum Gasteiger partial charge on any atom is -0.493 e. The molecule has 3 atom stereocenters. The van der Waals surface area contributed by atoms with Gasteiger partial charge in [-0.3, -0.25) is 14.5 Å². The number of amides is 1. The molecule has 0 radical (unpaired) electrons. The summed E-state index contributed by atoms with van der Waals surface area (Å²) in [6.07, 6.45) is 6.75. The van der Waals surface area contributed by atoms with Crippen molar-refractivity contribution >= 4 is 11.9 Å². The predicted molar refractivity (Wildman–Crippen MR) is 165 cm³/mol. The Kier molecular flexibility index (Phi) is 12.0. The van der Waals surface area contributed by atoms with Crippen LogP contribution in [0.1, 0.15) is 84.1 Å². The lowest BCUT2D eigenvalue weighted by molar-refractivity contribution is -0.870. The van der Waals surface area contributed by atoms with Crippen molar-refractivity contribution in [1.82, 2.24) is 9.80 Å². The first-order valence-electron chi connectivity index (χ1n) is 15.8. The number of methoxy groups -OCH3 is 1. The molecule has 1 aromatic carbocycles. The third-order valence-electron chi connectivity index (χ3n) is 8.81. The zero-order chi connectivity index (χ0) is 31.1. The van der Waals surface area contributed by atoms with E-state index in [1.165, 1.54) is 0 Å². The smallest absolute Gasteiger partial charge is 0.308 e. The Hall–Kier alpha value is -2.52. The Balaban J connectivity index is 1.90. The molecule has 2 heterocycles. The molecule has 1 amide bonds. The fourth-order valence-electron chi connectivity index (χ4n) is 6.67. The Morgan fingerprint density at radius 2 is 1.81 bits per heavy atom. The number of hydrogen-bond acceptors (Lipinski definition) is 6. The van der Waals surface area contributed by atoms with Gasteiger partial charge in [0.25, 0.3) is 0 Å². The molecule has 238 valence electrons. The highest BCUT2D eigenvalue weighted by atomic mass is 16.7. The lowest BCUT2D eigenvalue weighted by Gasteiger charge is -2.35. The molecular formula is C33H56N3O6+. The number of nitrogens with zero attached hydrogens (tertiary/aromatic N) is 3. The van der Waals surface area contributed by atoms with Crippen LogP contribution in [0, 0.1) is 11.3 Å². The van der Waals surface area contributed by atoms with Gasteiger partial charge in [0.2, 0.25) is 18.4 Å². The van der Waals surface area contributed by atoms with Gasteiger partial charge in [-0.05, 0) is 55.2 Å². The third kappa shape index (κ3) is 8.99. The number of carboxylic acids is 1. The second-order valence-corrected chi connectivity index (χ2v) is 14.0. The second kappa shape index (κ2) is 14.8. The van der Waals surface area contributed by atoms with Gasteiger partial charge in [0.1, 0.15) is 0 Å². The first-order valence-corrected chi connectivity index (χ1v) is 15.8. The maximum absolute atomic E-state index is 13.9. The van der Waals surface area contributed by atoms with Crippen LogP contribution in [0.15, 0.2) is 12.1 Å². The van der Waals surface area contributed by atoms with Crippen molar-refractivity contribution < 1.29 is 33.4 Å². The minimum atomic E-state index is -0.827. The normalized spacial score (nSPS) is 20.6. The van der Waals surface area contributed by atoms with Crippen LogP contribution in [0.3, 0.4) is 0 Å². The highest BCUT2D eigenvalue weighted by molar-refractivity contribution is 5.79. The van der Waals surface area contributed by atoms with Crippen LogP contribution in [-0.4, -0.2) is 105 Å². The van der Waals surface area contributed by atoms with E-state index < -0.39 is 11.9 Å². The number of aliphatic carboxylic acids is 1. The molecule has 0 spiro atoms. The van der Waals surface area contributed by atoms with Gasteiger partial charge in [0.15, 0.2) is 11.5 Å². The zero-order valence-electron chi connectivity index (χ0n) is 27.4. The van der Waals surface area contributed by atoms with Gasteiger partial charge in [-0.25, -0.2) is 0 Å². The molecule has 3 rings (SSSR count). The molecule has 0 bridgehead atoms. The second-order valence-electron chi connectivity index (χ2n) is 14.0. The Bertz CT molecular complexity index is 1050. The summed E-state index contributed by atoms with van der Waals surface area (Å²) >= 11 is 0. The highest BCUT2D eigenvalue weighted by Gasteiger charge is 2.49. The molecule has 2 aliphatic rings. The fourth-order valence-corrected chi connectivity index (χ4v) is 6.67. The van der Waals surface area contributed by atoms with E-state index in [1.807, 2.05) is 17.0 Å². The SMILES string of the molecule is CCCCN(CCCC[N+](C)(C)C)C(=O)CN1C[C@H](c2cc(OC)c3c(c2)OCO3)C(C(=O)O)[C@@H]1CC(C)(C)CCC. The van der Waals surface area contributed by atoms with E-state index in [4.69, 9.17) is 14.2 Å². The molecule has 1 aromatic rings. The number of rotatable bonds is 17. The number of quaternary nitrogens is 1. The Morgan fingerprint density at radius 1 is 1.10 bits per heavy atom. The number of ether oxygens (including phenoxy) is 3. The van der Waals surface area contributed by atoms with Crippen molar-refractivity contribution in [3.63, 3.8) is 0 Å². The molecule has 0 saturated carbocycles. The average Bonchev–Trinajstić information content (AvgIpc) is 3.51. The van der Waals surface area contributed by atoms with Crippen molar-refractivity contribution in [2.75, 3.05) is 67.8 Å². The van der Waals surface area contributed by atoms with Crippen molar-refractivity contribution in [2.24, 2.45) is 11.3 Å². The maximum Gasteiger partial charge on any atom is 0.308 e. The van der Waals surface area contributed by atoms with Gasteiger partial charge >= 0.3 is 5.97 Å². The summed E-state index contributed by atoms with van der Waals surface area (Å²) in [4.78, 5) is 31.0. The molecule has 1 unspecified atom stereocenters. The predicted octanol–water partition coefficient (Wildman–Crippen LogP) is 5.22. The van der Waals surface area contributed by atoms with Gasteiger partial charge in [-0.15, -0.1) is 0 Å². The molecule has 0 aromatic heterocycles. The van der Waals surface area contributed by atoms with Gasteiger partial charge in [-0.1, -0.05) is 40.5 Å². The number of fused-ring (bicyclic) bond motifs is 1. The van der Waals surface area contributed by atoms with Gasteiger partial charge in [0.05, 0.1) is 47.3 Å². The summed E-state index contributed by atoms with van der Waals surface area (Å²) in [5.74, 6) is -0.0308. The van der Waals surface area contributed by atoms with E-state index in [2.05, 4.69) is 53.7 Å². The first-order chi connectivity index (χ1) is 19.8. The molecule has 9 nitrogen and oxygen atoms in total. The quantitative estimate of drug-likeness (QED) is 0.197. The van der Waals surface area contributed by atoms with Crippen molar-refractivity contribution in [1.29, 1.82) is 0 Å². The van der Waals surface area contributed by atoms with Crippen LogP contribution < -0.4 is 14.2 Å². The number of benzene rings is 1. The molecule has 2 aliphatic heterocycles. The lowest BCUT2D eigenvalue weighted by Crippen LogP contribution is -2.46. The Morgan fingerprint density at radius 3 is 2.43 bits per heavy atom. The van der Waals surface area contributed by atoms with Crippen LogP contribution in [0.5, 0.6) is 17.2 Å². The summed E-state index contributed by atoms with van der Waals surface area (Å²) in [5, 5.41) is 10.6. The molecule has 1 saturated heterocycles. The maximum atomic E-state index is 13.9. The molecule has 9 heteroatoms. The summed E-state index contributed by atoms with van der Waals surface area (Å²) in [6, 6.07) is 3.52. The number of likely N-dealkylation sites (tertiary alicyclic amines) is 1. The molecular weight excluding hydrogens is 534 g/mol. The van der Waals surface area contributed by atoms with E-state index in [9.17, 15) is 14.7 Å². The van der Waals surface area contributed by atoms with Crippen LogP contribution in [0.2, 0.25) is 0 Å². The lowest BCUT2D eigenvalue weighted by atomic mass is 9.76. The number of carboxylic acid groups (broad SMARTS) is 1. The van der Waals surface area contributed by atoms with Crippen LogP contribution in [-0.2, 0) is 9.59 Å². The van der Waals surface area contributed by atoms with Crippen molar-refractivity contribution in [3.05, 3.63) is 17.7 Å². The van der Waals surface area contributed by atoms with E-state index >= 15 is 0 Å². The van der Waals surface area contributed by atoms with Crippen LogP contribution in [0.4, 0.5) is 0 Å². The first kappa shape index (κ1) is 34.0. The zero-order valence-corrected chi connectivity index (χ0v) is 27.4. The van der Waals surface area contributed by atoms with Crippen molar-refractivity contribution in [3.8, 4) is 17.2 Å². The van der Waals surface area contributed by atoms with E-state index in [1.54, 1.807) is 7.11 Å².